The van der Waals surface area contributed by atoms with Crippen LogP contribution in [0.4, 0.5) is 10.3 Å². The van der Waals surface area contributed by atoms with E-state index in [2.05, 4.69) is 15.3 Å². The number of nitrogens with zero attached hydrogens (tertiary/aromatic N) is 4. The third-order valence-corrected chi connectivity index (χ3v) is 5.36. The molecule has 2 saturated heterocycles. The highest BCUT2D eigenvalue weighted by Gasteiger charge is 2.53. The Hall–Kier alpha value is -2.48. The maximum absolute atomic E-state index is 13.0. The molecule has 2 aliphatic rings. The lowest BCUT2D eigenvalue weighted by Gasteiger charge is -2.50. The van der Waals surface area contributed by atoms with Gasteiger partial charge in [-0.05, 0) is 30.9 Å². The number of hydrogen-bond acceptors (Lipinski definition) is 5. The minimum Gasteiger partial charge on any atom is -0.371 e. The van der Waals surface area contributed by atoms with Crippen LogP contribution in [0.2, 0.25) is 0 Å². The molecule has 2 fully saturated rings. The molecule has 2 aliphatic heterocycles. The van der Waals surface area contributed by atoms with Crippen LogP contribution >= 0.6 is 0 Å². The van der Waals surface area contributed by atoms with Crippen molar-refractivity contribution < 1.29 is 13.9 Å². The van der Waals surface area contributed by atoms with Crippen molar-refractivity contribution >= 4 is 11.9 Å². The molecule has 0 saturated carbocycles. The predicted molar refractivity (Wildman–Crippen MR) is 93.4 cm³/mol. The lowest BCUT2D eigenvalue weighted by molar-refractivity contribution is -0.0459. The quantitative estimate of drug-likeness (QED) is 0.873. The maximum Gasteiger partial charge on any atom is 0.267 e. The molecule has 4 heterocycles. The molecule has 138 valence electrons. The average molecular weight is 359 g/mol. The Morgan fingerprint density at radius 1 is 1.42 bits per heavy atom. The van der Waals surface area contributed by atoms with Crippen molar-refractivity contribution in [3.05, 3.63) is 42.2 Å². The number of aromatic nitrogens is 3. The summed E-state index contributed by atoms with van der Waals surface area (Å²) < 4.78 is 20.8. The summed E-state index contributed by atoms with van der Waals surface area (Å²) in [5, 5.41) is 2.99. The Morgan fingerprint density at radius 2 is 2.19 bits per heavy atom. The second-order valence-corrected chi connectivity index (χ2v) is 7.01. The first kappa shape index (κ1) is 17.0. The molecule has 0 radical (unpaired) electrons. The molecule has 1 N–H and O–H groups in total. The van der Waals surface area contributed by atoms with Crippen molar-refractivity contribution in [3.63, 3.8) is 0 Å². The zero-order valence-corrected chi connectivity index (χ0v) is 14.7. The molecule has 4 rings (SSSR count). The van der Waals surface area contributed by atoms with Crippen LogP contribution in [0, 0.1) is 11.7 Å². The molecule has 0 aromatic carbocycles. The van der Waals surface area contributed by atoms with Crippen LogP contribution in [-0.2, 0) is 11.8 Å². The molecule has 1 spiro atoms. The van der Waals surface area contributed by atoms with E-state index >= 15 is 0 Å². The molecular formula is C18H22FN5O2. The second kappa shape index (κ2) is 6.68. The highest BCUT2D eigenvalue weighted by molar-refractivity contribution is 5.92. The van der Waals surface area contributed by atoms with Gasteiger partial charge >= 0.3 is 0 Å². The van der Waals surface area contributed by atoms with E-state index in [4.69, 9.17) is 4.74 Å². The van der Waals surface area contributed by atoms with Gasteiger partial charge < -0.3 is 19.5 Å². The van der Waals surface area contributed by atoms with Gasteiger partial charge in [-0.15, -0.1) is 0 Å². The van der Waals surface area contributed by atoms with Gasteiger partial charge in [0.15, 0.2) is 5.82 Å². The van der Waals surface area contributed by atoms with Gasteiger partial charge in [0.2, 0.25) is 5.95 Å². The van der Waals surface area contributed by atoms with E-state index in [1.807, 2.05) is 34.8 Å². The third kappa shape index (κ3) is 3.05. The summed E-state index contributed by atoms with van der Waals surface area (Å²) in [4.78, 5) is 22.2. The van der Waals surface area contributed by atoms with Crippen LogP contribution in [0.3, 0.4) is 0 Å². The monoisotopic (exact) mass is 359 g/mol. The minimum absolute atomic E-state index is 0.0552. The molecule has 7 nitrogen and oxygen atoms in total. The molecule has 26 heavy (non-hydrogen) atoms. The summed E-state index contributed by atoms with van der Waals surface area (Å²) in [6.07, 6.45) is 6.07. The van der Waals surface area contributed by atoms with E-state index in [0.717, 1.165) is 19.4 Å². The largest absolute Gasteiger partial charge is 0.371 e. The average Bonchev–Trinajstić information content (AvgIpc) is 3.21. The number of amides is 1. The fraction of sp³-hybridized carbons (Fsp3) is 0.500. The standard InChI is InChI=1S/C18H22FN5O2/c1-23-7-2-3-15(23)16(25)20-6-4-13-5-8-26-18(13)11-24(12-18)17-21-9-14(19)10-22-17/h2-3,7,9-10,13H,4-6,8,11-12H2,1H3,(H,20,25)/t13-/m1/s1. The van der Waals surface area contributed by atoms with Crippen molar-refractivity contribution in [1.82, 2.24) is 19.9 Å². The molecule has 2 aromatic heterocycles. The van der Waals surface area contributed by atoms with Gasteiger partial charge in [0.1, 0.15) is 11.3 Å². The molecule has 8 heteroatoms. The van der Waals surface area contributed by atoms with Gasteiger partial charge in [-0.1, -0.05) is 0 Å². The first-order valence-corrected chi connectivity index (χ1v) is 8.83. The van der Waals surface area contributed by atoms with Crippen LogP contribution in [0.5, 0.6) is 0 Å². The number of anilines is 1. The van der Waals surface area contributed by atoms with Crippen molar-refractivity contribution in [1.29, 1.82) is 0 Å². The molecule has 1 atom stereocenters. The van der Waals surface area contributed by atoms with Gasteiger partial charge in [-0.2, -0.15) is 0 Å². The van der Waals surface area contributed by atoms with E-state index in [1.165, 1.54) is 12.4 Å². The van der Waals surface area contributed by atoms with Crippen molar-refractivity contribution in [2.75, 3.05) is 31.1 Å². The summed E-state index contributed by atoms with van der Waals surface area (Å²) in [5.41, 5.74) is 0.457. The molecule has 2 aromatic rings. The fourth-order valence-corrected chi connectivity index (χ4v) is 3.90. The maximum atomic E-state index is 13.0. The molecular weight excluding hydrogens is 337 g/mol. The number of aryl methyl sites for hydroxylation is 1. The highest BCUT2D eigenvalue weighted by atomic mass is 19.1. The lowest BCUT2D eigenvalue weighted by atomic mass is 9.79. The second-order valence-electron chi connectivity index (χ2n) is 7.01. The number of halogens is 1. The summed E-state index contributed by atoms with van der Waals surface area (Å²) in [6, 6.07) is 3.66. The minimum atomic E-state index is -0.437. The van der Waals surface area contributed by atoms with Gasteiger partial charge in [0, 0.05) is 26.4 Å². The van der Waals surface area contributed by atoms with E-state index < -0.39 is 5.82 Å². The van der Waals surface area contributed by atoms with Crippen LogP contribution in [0.15, 0.2) is 30.7 Å². The lowest BCUT2D eigenvalue weighted by Crippen LogP contribution is -2.65. The Balaban J connectivity index is 1.30. The number of ether oxygens (including phenoxy) is 1. The van der Waals surface area contributed by atoms with Crippen molar-refractivity contribution in [3.8, 4) is 0 Å². The topological polar surface area (TPSA) is 72.3 Å². The molecule has 0 unspecified atom stereocenters. The smallest absolute Gasteiger partial charge is 0.267 e. The number of hydrogen-bond donors (Lipinski definition) is 1. The summed E-state index contributed by atoms with van der Waals surface area (Å²) >= 11 is 0. The van der Waals surface area contributed by atoms with Gasteiger partial charge in [-0.25, -0.2) is 14.4 Å². The summed E-state index contributed by atoms with van der Waals surface area (Å²) in [5.74, 6) is 0.421. The van der Waals surface area contributed by atoms with Crippen molar-refractivity contribution in [2.45, 2.75) is 18.4 Å². The van der Waals surface area contributed by atoms with Crippen molar-refractivity contribution in [2.24, 2.45) is 13.0 Å². The first-order chi connectivity index (χ1) is 12.6. The van der Waals surface area contributed by atoms with E-state index in [1.54, 1.807) is 0 Å². The fourth-order valence-electron chi connectivity index (χ4n) is 3.90. The Labute approximate surface area is 151 Å². The SMILES string of the molecule is Cn1cccc1C(=O)NCC[C@@H]1CCOC12CN(c1ncc(F)cn1)C2. The number of carbonyl (C=O) groups is 1. The molecule has 1 amide bonds. The third-order valence-electron chi connectivity index (χ3n) is 5.36. The molecule has 0 bridgehead atoms. The Morgan fingerprint density at radius 3 is 2.88 bits per heavy atom. The van der Waals surface area contributed by atoms with E-state index in [9.17, 15) is 9.18 Å². The normalized spacial score (nSPS) is 21.0. The number of rotatable bonds is 5. The van der Waals surface area contributed by atoms with Gasteiger partial charge in [0.05, 0.1) is 25.5 Å². The highest BCUT2D eigenvalue weighted by Crippen LogP contribution is 2.42. The zero-order chi connectivity index (χ0) is 18.1. The summed E-state index contributed by atoms with van der Waals surface area (Å²) in [6.45, 7) is 2.76. The van der Waals surface area contributed by atoms with Crippen LogP contribution in [0.1, 0.15) is 23.3 Å². The van der Waals surface area contributed by atoms with Crippen LogP contribution < -0.4 is 10.2 Å². The number of nitrogens with one attached hydrogen (secondary N) is 1. The van der Waals surface area contributed by atoms with E-state index in [-0.39, 0.29) is 11.5 Å². The van der Waals surface area contributed by atoms with Crippen LogP contribution in [-0.4, -0.2) is 52.3 Å². The first-order valence-electron chi connectivity index (χ1n) is 8.83. The Kier molecular flexibility index (Phi) is 4.36. The summed E-state index contributed by atoms with van der Waals surface area (Å²) in [7, 11) is 1.86. The van der Waals surface area contributed by atoms with Gasteiger partial charge in [0.25, 0.3) is 5.91 Å². The van der Waals surface area contributed by atoms with Gasteiger partial charge in [-0.3, -0.25) is 4.79 Å². The Bertz CT molecular complexity index is 785. The number of carbonyl (C=O) groups excluding carboxylic acids is 1. The molecule has 0 aliphatic carbocycles. The zero-order valence-electron chi connectivity index (χ0n) is 14.7. The van der Waals surface area contributed by atoms with Crippen LogP contribution in [0.25, 0.3) is 0 Å². The predicted octanol–water partition coefficient (Wildman–Crippen LogP) is 1.37. The van der Waals surface area contributed by atoms with E-state index in [0.29, 0.717) is 37.2 Å².